The maximum Gasteiger partial charge on any atom is 0.255 e. The van der Waals surface area contributed by atoms with Gasteiger partial charge in [0.1, 0.15) is 6.10 Å². The molecular formula is C17H18N2O2. The second kappa shape index (κ2) is 6.06. The van der Waals surface area contributed by atoms with Gasteiger partial charge in [0, 0.05) is 18.9 Å². The quantitative estimate of drug-likeness (QED) is 0.850. The third kappa shape index (κ3) is 2.81. The lowest BCUT2D eigenvalue weighted by atomic mass is 10.00. The maximum atomic E-state index is 12.6. The average Bonchev–Trinajstić information content (AvgIpc) is 2.56. The number of hydrogen-bond acceptors (Lipinski definition) is 3. The number of amides is 1. The monoisotopic (exact) mass is 282 g/mol. The van der Waals surface area contributed by atoms with Gasteiger partial charge in [0.2, 0.25) is 0 Å². The molecule has 0 N–H and O–H groups in total. The largest absolute Gasteiger partial charge is 0.370 e. The number of rotatable bonds is 2. The van der Waals surface area contributed by atoms with Crippen molar-refractivity contribution in [2.45, 2.75) is 19.1 Å². The summed E-state index contributed by atoms with van der Waals surface area (Å²) < 4.78 is 5.88. The first-order chi connectivity index (χ1) is 10.3. The van der Waals surface area contributed by atoms with E-state index in [-0.39, 0.29) is 18.1 Å². The average molecular weight is 282 g/mol. The van der Waals surface area contributed by atoms with Gasteiger partial charge in [-0.2, -0.15) is 0 Å². The van der Waals surface area contributed by atoms with Gasteiger partial charge in [-0.15, -0.1) is 0 Å². The first kappa shape index (κ1) is 13.8. The summed E-state index contributed by atoms with van der Waals surface area (Å²) in [7, 11) is 0. The number of benzene rings is 1. The van der Waals surface area contributed by atoms with Crippen LogP contribution in [-0.2, 0) is 4.74 Å². The van der Waals surface area contributed by atoms with E-state index in [0.29, 0.717) is 18.7 Å². The molecule has 1 saturated heterocycles. The van der Waals surface area contributed by atoms with Crippen LogP contribution in [0.25, 0.3) is 0 Å². The van der Waals surface area contributed by atoms with Crippen molar-refractivity contribution in [2.24, 2.45) is 0 Å². The number of aromatic nitrogens is 1. The number of pyridine rings is 1. The predicted octanol–water partition coefficient (Wildman–Crippen LogP) is 2.68. The standard InChI is InChI=1S/C17H18N2O2/c1-13-16(14-6-3-2-4-7-14)21-11-10-19(13)17(20)15-8-5-9-18-12-15/h2-9,12-13,16H,10-11H2,1H3. The van der Waals surface area contributed by atoms with Crippen molar-refractivity contribution in [3.63, 3.8) is 0 Å². The Bertz CT molecular complexity index is 601. The maximum absolute atomic E-state index is 12.6. The minimum Gasteiger partial charge on any atom is -0.370 e. The highest BCUT2D eigenvalue weighted by Crippen LogP contribution is 2.29. The number of nitrogens with zero attached hydrogens (tertiary/aromatic N) is 2. The molecule has 1 aromatic heterocycles. The fourth-order valence-corrected chi connectivity index (χ4v) is 2.74. The highest BCUT2D eigenvalue weighted by Gasteiger charge is 2.33. The number of hydrogen-bond donors (Lipinski definition) is 0. The van der Waals surface area contributed by atoms with Crippen LogP contribution in [0.2, 0.25) is 0 Å². The Kier molecular flexibility index (Phi) is 3.97. The van der Waals surface area contributed by atoms with Gasteiger partial charge in [-0.1, -0.05) is 30.3 Å². The Hall–Kier alpha value is -2.20. The summed E-state index contributed by atoms with van der Waals surface area (Å²) in [6.45, 7) is 3.19. The van der Waals surface area contributed by atoms with Crippen LogP contribution < -0.4 is 0 Å². The second-order valence-electron chi connectivity index (χ2n) is 5.18. The van der Waals surface area contributed by atoms with Crippen LogP contribution >= 0.6 is 0 Å². The molecular weight excluding hydrogens is 264 g/mol. The van der Waals surface area contributed by atoms with Crippen molar-refractivity contribution in [1.82, 2.24) is 9.88 Å². The van der Waals surface area contributed by atoms with Gasteiger partial charge in [-0.3, -0.25) is 9.78 Å². The molecule has 2 aromatic rings. The van der Waals surface area contributed by atoms with Crippen molar-refractivity contribution in [3.8, 4) is 0 Å². The van der Waals surface area contributed by atoms with Crippen molar-refractivity contribution in [2.75, 3.05) is 13.2 Å². The summed E-state index contributed by atoms with van der Waals surface area (Å²) in [5, 5.41) is 0. The van der Waals surface area contributed by atoms with E-state index in [1.807, 2.05) is 42.2 Å². The summed E-state index contributed by atoms with van der Waals surface area (Å²) in [5.74, 6) is 0.0137. The first-order valence-corrected chi connectivity index (χ1v) is 7.15. The third-order valence-corrected chi connectivity index (χ3v) is 3.86. The Morgan fingerprint density at radius 3 is 2.76 bits per heavy atom. The molecule has 1 aromatic carbocycles. The van der Waals surface area contributed by atoms with Crippen LogP contribution in [0.1, 0.15) is 28.9 Å². The molecule has 21 heavy (non-hydrogen) atoms. The van der Waals surface area contributed by atoms with E-state index in [1.165, 1.54) is 0 Å². The van der Waals surface area contributed by atoms with Crippen LogP contribution in [0.15, 0.2) is 54.9 Å². The van der Waals surface area contributed by atoms with E-state index in [1.54, 1.807) is 24.5 Å². The normalized spacial score (nSPS) is 22.0. The van der Waals surface area contributed by atoms with Gasteiger partial charge in [-0.05, 0) is 24.6 Å². The topological polar surface area (TPSA) is 42.4 Å². The fraction of sp³-hybridized carbons (Fsp3) is 0.294. The van der Waals surface area contributed by atoms with E-state index < -0.39 is 0 Å². The molecule has 1 amide bonds. The summed E-state index contributed by atoms with van der Waals surface area (Å²) in [6, 6.07) is 13.6. The Morgan fingerprint density at radius 2 is 2.05 bits per heavy atom. The van der Waals surface area contributed by atoms with E-state index in [4.69, 9.17) is 4.74 Å². The van der Waals surface area contributed by atoms with Crippen molar-refractivity contribution >= 4 is 5.91 Å². The van der Waals surface area contributed by atoms with E-state index >= 15 is 0 Å². The van der Waals surface area contributed by atoms with Crippen LogP contribution in [0.3, 0.4) is 0 Å². The molecule has 0 saturated carbocycles. The molecule has 4 heteroatoms. The van der Waals surface area contributed by atoms with Gasteiger partial charge >= 0.3 is 0 Å². The zero-order valence-electron chi connectivity index (χ0n) is 12.0. The molecule has 0 spiro atoms. The third-order valence-electron chi connectivity index (χ3n) is 3.86. The summed E-state index contributed by atoms with van der Waals surface area (Å²) in [5.41, 5.74) is 1.73. The number of carbonyl (C=O) groups excluding carboxylic acids is 1. The number of carbonyl (C=O) groups is 1. The van der Waals surface area contributed by atoms with Gasteiger partial charge < -0.3 is 9.64 Å². The van der Waals surface area contributed by atoms with Crippen LogP contribution in [0, 0.1) is 0 Å². The smallest absolute Gasteiger partial charge is 0.255 e. The molecule has 1 aliphatic heterocycles. The fourth-order valence-electron chi connectivity index (χ4n) is 2.74. The molecule has 3 rings (SSSR count). The Balaban J connectivity index is 1.82. The van der Waals surface area contributed by atoms with Crippen LogP contribution in [0.4, 0.5) is 0 Å². The van der Waals surface area contributed by atoms with Crippen molar-refractivity contribution in [1.29, 1.82) is 0 Å². The van der Waals surface area contributed by atoms with Gasteiger partial charge in [-0.25, -0.2) is 0 Å². The lowest BCUT2D eigenvalue weighted by Gasteiger charge is -2.39. The zero-order valence-corrected chi connectivity index (χ0v) is 12.0. The molecule has 2 unspecified atom stereocenters. The summed E-state index contributed by atoms with van der Waals surface area (Å²) >= 11 is 0. The second-order valence-corrected chi connectivity index (χ2v) is 5.18. The van der Waals surface area contributed by atoms with Crippen LogP contribution in [0.5, 0.6) is 0 Å². The molecule has 108 valence electrons. The highest BCUT2D eigenvalue weighted by atomic mass is 16.5. The molecule has 2 heterocycles. The molecule has 0 bridgehead atoms. The SMILES string of the molecule is CC1C(c2ccccc2)OCCN1C(=O)c1cccnc1. The zero-order chi connectivity index (χ0) is 14.7. The van der Waals surface area contributed by atoms with Crippen LogP contribution in [-0.4, -0.2) is 35.0 Å². The Morgan fingerprint density at radius 1 is 1.24 bits per heavy atom. The number of ether oxygens (including phenoxy) is 1. The molecule has 2 atom stereocenters. The van der Waals surface area contributed by atoms with Crippen molar-refractivity contribution in [3.05, 3.63) is 66.0 Å². The highest BCUT2D eigenvalue weighted by molar-refractivity contribution is 5.94. The van der Waals surface area contributed by atoms with E-state index in [0.717, 1.165) is 5.56 Å². The lowest BCUT2D eigenvalue weighted by Crippen LogP contribution is -2.48. The van der Waals surface area contributed by atoms with Gasteiger partial charge in [0.25, 0.3) is 5.91 Å². The molecule has 1 fully saturated rings. The van der Waals surface area contributed by atoms with E-state index in [2.05, 4.69) is 4.98 Å². The molecule has 4 nitrogen and oxygen atoms in total. The Labute approximate surface area is 124 Å². The molecule has 1 aliphatic rings. The van der Waals surface area contributed by atoms with Crippen molar-refractivity contribution < 1.29 is 9.53 Å². The first-order valence-electron chi connectivity index (χ1n) is 7.15. The minimum atomic E-state index is -0.0828. The predicted molar refractivity (Wildman–Crippen MR) is 79.9 cm³/mol. The molecule has 0 radical (unpaired) electrons. The minimum absolute atomic E-state index is 0.00569. The van der Waals surface area contributed by atoms with Gasteiger partial charge in [0.15, 0.2) is 0 Å². The molecule has 0 aliphatic carbocycles. The lowest BCUT2D eigenvalue weighted by molar-refractivity contribution is -0.0551. The number of morpholine rings is 1. The summed E-state index contributed by atoms with van der Waals surface area (Å²) in [6.07, 6.45) is 3.20. The van der Waals surface area contributed by atoms with E-state index in [9.17, 15) is 4.79 Å². The van der Waals surface area contributed by atoms with Gasteiger partial charge in [0.05, 0.1) is 18.2 Å². The summed E-state index contributed by atoms with van der Waals surface area (Å²) in [4.78, 5) is 18.5.